The Balaban J connectivity index is 2.40. The van der Waals surface area contributed by atoms with Crippen LogP contribution in [0.5, 0.6) is 11.5 Å². The first-order valence-electron chi connectivity index (χ1n) is 5.53. The number of aromatic carboxylic acids is 1. The van der Waals surface area contributed by atoms with Crippen LogP contribution in [0.1, 0.15) is 10.4 Å². The van der Waals surface area contributed by atoms with Gasteiger partial charge in [0.15, 0.2) is 0 Å². The van der Waals surface area contributed by atoms with Crippen molar-refractivity contribution in [1.82, 2.24) is 0 Å². The summed E-state index contributed by atoms with van der Waals surface area (Å²) < 4.78 is 5.40. The molecule has 0 radical (unpaired) electrons. The zero-order chi connectivity index (χ0) is 15.6. The van der Waals surface area contributed by atoms with Crippen molar-refractivity contribution in [1.29, 1.82) is 0 Å². The van der Waals surface area contributed by atoms with Crippen LogP contribution in [0.25, 0.3) is 0 Å². The minimum atomic E-state index is -1.19. The average Bonchev–Trinajstić information content (AvgIpc) is 2.40. The third-order valence-corrected chi connectivity index (χ3v) is 3.05. The highest BCUT2D eigenvalue weighted by Crippen LogP contribution is 2.34. The maximum Gasteiger partial charge on any atom is 0.339 e. The van der Waals surface area contributed by atoms with Crippen LogP contribution in [0.15, 0.2) is 36.4 Å². The molecule has 0 saturated heterocycles. The van der Waals surface area contributed by atoms with Crippen molar-refractivity contribution in [3.05, 3.63) is 62.1 Å². The predicted octanol–water partition coefficient (Wildman–Crippen LogP) is 4.39. The first-order valence-corrected chi connectivity index (χ1v) is 6.28. The van der Waals surface area contributed by atoms with Crippen molar-refractivity contribution in [3.63, 3.8) is 0 Å². The molecule has 0 aromatic heterocycles. The quantitative estimate of drug-likeness (QED) is 0.664. The van der Waals surface area contributed by atoms with Crippen LogP contribution < -0.4 is 4.74 Å². The van der Waals surface area contributed by atoms with Gasteiger partial charge in [-0.2, -0.15) is 0 Å². The van der Waals surface area contributed by atoms with Gasteiger partial charge in [-0.1, -0.05) is 23.2 Å². The summed E-state index contributed by atoms with van der Waals surface area (Å²) in [6.45, 7) is 0. The lowest BCUT2D eigenvalue weighted by molar-refractivity contribution is -0.384. The Morgan fingerprint density at radius 3 is 2.43 bits per heavy atom. The van der Waals surface area contributed by atoms with Gasteiger partial charge in [-0.25, -0.2) is 4.79 Å². The number of rotatable bonds is 4. The smallest absolute Gasteiger partial charge is 0.339 e. The molecule has 1 N–H and O–H groups in total. The highest BCUT2D eigenvalue weighted by molar-refractivity contribution is 6.32. The van der Waals surface area contributed by atoms with Crippen molar-refractivity contribution in [3.8, 4) is 11.5 Å². The standard InChI is InChI=1S/C13H7Cl2NO5/c14-7-1-3-9(13(17)18)12(5-7)21-11-4-2-8(16(19)20)6-10(11)15/h1-6H,(H,17,18). The van der Waals surface area contributed by atoms with E-state index in [0.717, 1.165) is 6.07 Å². The highest BCUT2D eigenvalue weighted by Gasteiger charge is 2.16. The molecular weight excluding hydrogens is 321 g/mol. The lowest BCUT2D eigenvalue weighted by Crippen LogP contribution is -2.00. The molecule has 0 unspecified atom stereocenters. The Morgan fingerprint density at radius 2 is 1.86 bits per heavy atom. The van der Waals surface area contributed by atoms with Crippen LogP contribution in [0.2, 0.25) is 10.0 Å². The van der Waals surface area contributed by atoms with E-state index < -0.39 is 10.9 Å². The monoisotopic (exact) mass is 327 g/mol. The zero-order valence-corrected chi connectivity index (χ0v) is 11.8. The summed E-state index contributed by atoms with van der Waals surface area (Å²) in [5, 5.41) is 20.0. The number of hydrogen-bond acceptors (Lipinski definition) is 4. The molecule has 2 aromatic rings. The maximum atomic E-state index is 11.1. The van der Waals surface area contributed by atoms with E-state index in [4.69, 9.17) is 33.0 Å². The van der Waals surface area contributed by atoms with Gasteiger partial charge in [-0.3, -0.25) is 10.1 Å². The van der Waals surface area contributed by atoms with Crippen LogP contribution >= 0.6 is 23.2 Å². The molecule has 0 atom stereocenters. The number of nitrogens with zero attached hydrogens (tertiary/aromatic N) is 1. The van der Waals surface area contributed by atoms with E-state index in [1.165, 1.54) is 30.3 Å². The maximum absolute atomic E-state index is 11.1. The van der Waals surface area contributed by atoms with E-state index >= 15 is 0 Å². The molecule has 108 valence electrons. The second kappa shape index (κ2) is 5.99. The normalized spacial score (nSPS) is 10.2. The van der Waals surface area contributed by atoms with Gasteiger partial charge in [-0.15, -0.1) is 0 Å². The Bertz CT molecular complexity index is 732. The summed E-state index contributed by atoms with van der Waals surface area (Å²) in [5.74, 6) is -1.11. The molecule has 0 amide bonds. The molecule has 0 aliphatic rings. The third-order valence-electron chi connectivity index (χ3n) is 2.52. The number of hydrogen-bond donors (Lipinski definition) is 1. The molecule has 0 fully saturated rings. The van der Waals surface area contributed by atoms with Crippen LogP contribution in [-0.2, 0) is 0 Å². The van der Waals surface area contributed by atoms with Gasteiger partial charge in [0.25, 0.3) is 5.69 Å². The zero-order valence-electron chi connectivity index (χ0n) is 10.2. The third kappa shape index (κ3) is 3.42. The Morgan fingerprint density at radius 1 is 1.14 bits per heavy atom. The second-order valence-electron chi connectivity index (χ2n) is 3.92. The van der Waals surface area contributed by atoms with Gasteiger partial charge >= 0.3 is 5.97 Å². The molecule has 6 nitrogen and oxygen atoms in total. The van der Waals surface area contributed by atoms with Gasteiger partial charge in [0.05, 0.1) is 9.95 Å². The van der Waals surface area contributed by atoms with Crippen molar-refractivity contribution < 1.29 is 19.6 Å². The topological polar surface area (TPSA) is 89.7 Å². The summed E-state index contributed by atoms with van der Waals surface area (Å²) in [7, 11) is 0. The second-order valence-corrected chi connectivity index (χ2v) is 4.76. The van der Waals surface area contributed by atoms with Crippen LogP contribution in [0.4, 0.5) is 5.69 Å². The molecule has 0 heterocycles. The molecule has 0 saturated carbocycles. The first kappa shape index (κ1) is 15.1. The molecule has 0 spiro atoms. The molecule has 21 heavy (non-hydrogen) atoms. The predicted molar refractivity (Wildman–Crippen MR) is 76.6 cm³/mol. The molecule has 2 rings (SSSR count). The van der Waals surface area contributed by atoms with E-state index in [1.807, 2.05) is 0 Å². The van der Waals surface area contributed by atoms with Gasteiger partial charge < -0.3 is 9.84 Å². The van der Waals surface area contributed by atoms with Crippen molar-refractivity contribution >= 4 is 34.9 Å². The fourth-order valence-electron chi connectivity index (χ4n) is 1.56. The van der Waals surface area contributed by atoms with Crippen LogP contribution in [-0.4, -0.2) is 16.0 Å². The van der Waals surface area contributed by atoms with Crippen molar-refractivity contribution in [2.75, 3.05) is 0 Å². The Labute approximate surface area is 128 Å². The number of nitro benzene ring substituents is 1. The summed E-state index contributed by atoms with van der Waals surface area (Å²) in [4.78, 5) is 21.1. The summed E-state index contributed by atoms with van der Waals surface area (Å²) in [5.41, 5.74) is -0.300. The number of carboxylic acid groups (broad SMARTS) is 1. The fraction of sp³-hybridized carbons (Fsp3) is 0. The number of carboxylic acids is 1. The van der Waals surface area contributed by atoms with E-state index in [2.05, 4.69) is 0 Å². The summed E-state index contributed by atoms with van der Waals surface area (Å²) in [6, 6.07) is 7.62. The van der Waals surface area contributed by atoms with Gasteiger partial charge in [0, 0.05) is 23.2 Å². The minimum Gasteiger partial charge on any atom is -0.478 e. The van der Waals surface area contributed by atoms with Gasteiger partial charge in [0.1, 0.15) is 17.1 Å². The number of nitro groups is 1. The van der Waals surface area contributed by atoms with Crippen LogP contribution in [0.3, 0.4) is 0 Å². The molecule has 2 aromatic carbocycles. The number of halogens is 2. The van der Waals surface area contributed by atoms with Gasteiger partial charge in [0.2, 0.25) is 0 Å². The lowest BCUT2D eigenvalue weighted by Gasteiger charge is -2.10. The van der Waals surface area contributed by atoms with Crippen LogP contribution in [0, 0.1) is 10.1 Å². The average molecular weight is 328 g/mol. The van der Waals surface area contributed by atoms with E-state index in [1.54, 1.807) is 0 Å². The summed E-state index contributed by atoms with van der Waals surface area (Å²) in [6.07, 6.45) is 0. The fourth-order valence-corrected chi connectivity index (χ4v) is 1.94. The van der Waals surface area contributed by atoms with E-state index in [-0.39, 0.29) is 32.8 Å². The van der Waals surface area contributed by atoms with Crippen molar-refractivity contribution in [2.24, 2.45) is 0 Å². The Kier molecular flexibility index (Phi) is 4.30. The highest BCUT2D eigenvalue weighted by atomic mass is 35.5. The minimum absolute atomic E-state index is 0.00856. The lowest BCUT2D eigenvalue weighted by atomic mass is 10.2. The van der Waals surface area contributed by atoms with Crippen molar-refractivity contribution in [2.45, 2.75) is 0 Å². The molecule has 8 heteroatoms. The van der Waals surface area contributed by atoms with E-state index in [9.17, 15) is 14.9 Å². The first-order chi connectivity index (χ1) is 9.88. The molecule has 0 aliphatic heterocycles. The summed E-state index contributed by atoms with van der Waals surface area (Å²) >= 11 is 11.7. The Hall–Kier alpha value is -2.31. The number of ether oxygens (including phenoxy) is 1. The number of non-ortho nitro benzene ring substituents is 1. The largest absolute Gasteiger partial charge is 0.478 e. The molecule has 0 aliphatic carbocycles. The number of benzene rings is 2. The SMILES string of the molecule is O=C(O)c1ccc(Cl)cc1Oc1ccc([N+](=O)[O-])cc1Cl. The van der Waals surface area contributed by atoms with Gasteiger partial charge in [-0.05, 0) is 18.2 Å². The molecular formula is C13H7Cl2NO5. The van der Waals surface area contributed by atoms with E-state index in [0.29, 0.717) is 0 Å². The number of carbonyl (C=O) groups is 1. The molecule has 0 bridgehead atoms.